The van der Waals surface area contributed by atoms with Gasteiger partial charge in [0.25, 0.3) is 5.91 Å². The van der Waals surface area contributed by atoms with Gasteiger partial charge in [0.1, 0.15) is 5.15 Å². The van der Waals surface area contributed by atoms with Gasteiger partial charge >= 0.3 is 6.18 Å². The second kappa shape index (κ2) is 10.8. The minimum Gasteiger partial charge on any atom is -0.348 e. The van der Waals surface area contributed by atoms with Crippen molar-refractivity contribution in [3.63, 3.8) is 0 Å². The molecule has 0 radical (unpaired) electrons. The molecule has 33 heavy (non-hydrogen) atoms. The third kappa shape index (κ3) is 6.87. The van der Waals surface area contributed by atoms with Gasteiger partial charge in [-0.1, -0.05) is 82.8 Å². The molecule has 0 spiro atoms. The molecule has 0 bridgehead atoms. The molecule has 3 nitrogen and oxygen atoms in total. The van der Waals surface area contributed by atoms with Gasteiger partial charge in [0.15, 0.2) is 0 Å². The molecule has 0 saturated carbocycles. The van der Waals surface area contributed by atoms with Crippen LogP contribution in [0.3, 0.4) is 0 Å². The summed E-state index contributed by atoms with van der Waals surface area (Å²) in [4.78, 5) is 16.0. The number of amides is 1. The third-order valence-electron chi connectivity index (χ3n) is 4.62. The topological polar surface area (TPSA) is 42.0 Å². The van der Waals surface area contributed by atoms with E-state index in [1.165, 1.54) is 24.4 Å². The Bertz CT molecular complexity index is 1160. The maximum atomic E-state index is 13.7. The zero-order valence-corrected chi connectivity index (χ0v) is 19.7. The smallest absolute Gasteiger partial charge is 0.348 e. The number of nitrogens with zero attached hydrogens (tertiary/aromatic N) is 1. The molecule has 3 rings (SSSR count). The fraction of sp³-hybridized carbons (Fsp3) is 0.130. The standard InChI is InChI=1S/C23H15Cl4F3N2O/c24-18-9-16(10-19(25)21(18)27)17(23(28,29)30)6-5-13-1-3-14(4-2-13)12-32-22(33)15-7-8-31-20(26)11-15/h1-11,17H,12H2,(H,32,33)/b6-5+. The third-order valence-corrected chi connectivity index (χ3v) is 6.02. The molecule has 1 atom stereocenters. The Morgan fingerprint density at radius 3 is 2.21 bits per heavy atom. The Morgan fingerprint density at radius 1 is 1.00 bits per heavy atom. The lowest BCUT2D eigenvalue weighted by Crippen LogP contribution is -2.22. The van der Waals surface area contributed by atoms with Gasteiger partial charge in [-0.15, -0.1) is 0 Å². The highest BCUT2D eigenvalue weighted by atomic mass is 35.5. The highest BCUT2D eigenvalue weighted by molar-refractivity contribution is 6.48. The van der Waals surface area contributed by atoms with Crippen molar-refractivity contribution < 1.29 is 18.0 Å². The van der Waals surface area contributed by atoms with Crippen LogP contribution in [-0.4, -0.2) is 17.1 Å². The molecule has 0 aliphatic heterocycles. The Kier molecular flexibility index (Phi) is 8.29. The lowest BCUT2D eigenvalue weighted by atomic mass is 9.97. The Morgan fingerprint density at radius 2 is 1.64 bits per heavy atom. The van der Waals surface area contributed by atoms with Crippen LogP contribution in [0.4, 0.5) is 13.2 Å². The molecule has 10 heteroatoms. The van der Waals surface area contributed by atoms with Gasteiger partial charge in [-0.25, -0.2) is 4.98 Å². The van der Waals surface area contributed by atoms with Gasteiger partial charge < -0.3 is 5.32 Å². The van der Waals surface area contributed by atoms with Gasteiger partial charge in [-0.05, 0) is 41.0 Å². The molecule has 1 N–H and O–H groups in total. The highest BCUT2D eigenvalue weighted by Crippen LogP contribution is 2.41. The Balaban J connectivity index is 1.70. The number of carbonyl (C=O) groups excluding carboxylic acids is 1. The summed E-state index contributed by atoms with van der Waals surface area (Å²) in [7, 11) is 0. The minimum absolute atomic E-state index is 0.00157. The van der Waals surface area contributed by atoms with Crippen molar-refractivity contribution in [1.29, 1.82) is 0 Å². The maximum absolute atomic E-state index is 13.7. The fourth-order valence-corrected chi connectivity index (χ4v) is 3.73. The van der Waals surface area contributed by atoms with E-state index in [1.807, 2.05) is 0 Å². The van der Waals surface area contributed by atoms with E-state index < -0.39 is 12.1 Å². The number of hydrogen-bond acceptors (Lipinski definition) is 2. The molecule has 2 aromatic carbocycles. The number of aromatic nitrogens is 1. The number of nitrogens with one attached hydrogen (secondary N) is 1. The second-order valence-corrected chi connectivity index (χ2v) is 8.55. The van der Waals surface area contributed by atoms with E-state index in [2.05, 4.69) is 10.3 Å². The van der Waals surface area contributed by atoms with Gasteiger partial charge in [0.05, 0.1) is 21.0 Å². The number of benzene rings is 2. The molecule has 0 aliphatic carbocycles. The van der Waals surface area contributed by atoms with Crippen LogP contribution < -0.4 is 5.32 Å². The first-order valence-corrected chi connectivity index (χ1v) is 10.9. The van der Waals surface area contributed by atoms with E-state index >= 15 is 0 Å². The summed E-state index contributed by atoms with van der Waals surface area (Å²) in [6.45, 7) is 0.232. The summed E-state index contributed by atoms with van der Waals surface area (Å²) in [6, 6.07) is 12.0. The van der Waals surface area contributed by atoms with Crippen molar-refractivity contribution in [2.24, 2.45) is 0 Å². The number of allylic oxidation sites excluding steroid dienone is 1. The number of rotatable bonds is 6. The first-order valence-electron chi connectivity index (χ1n) is 9.42. The zero-order valence-electron chi connectivity index (χ0n) is 16.6. The molecule has 0 saturated heterocycles. The normalized spacial score (nSPS) is 12.7. The zero-order chi connectivity index (χ0) is 24.2. The summed E-state index contributed by atoms with van der Waals surface area (Å²) in [5, 5.41) is 2.84. The van der Waals surface area contributed by atoms with Gasteiger partial charge in [0.2, 0.25) is 0 Å². The number of halogens is 7. The van der Waals surface area contributed by atoms with Crippen molar-refractivity contribution in [2.75, 3.05) is 0 Å². The number of alkyl halides is 3. The highest BCUT2D eigenvalue weighted by Gasteiger charge is 2.39. The van der Waals surface area contributed by atoms with Crippen LogP contribution in [0, 0.1) is 0 Å². The predicted molar refractivity (Wildman–Crippen MR) is 126 cm³/mol. The Labute approximate surface area is 208 Å². The molecule has 3 aromatic rings. The van der Waals surface area contributed by atoms with Crippen molar-refractivity contribution in [2.45, 2.75) is 18.6 Å². The second-order valence-electron chi connectivity index (χ2n) is 6.97. The van der Waals surface area contributed by atoms with Crippen LogP contribution in [0.15, 0.2) is 60.8 Å². The van der Waals surface area contributed by atoms with E-state index in [0.29, 0.717) is 11.1 Å². The molecular formula is C23H15Cl4F3N2O. The maximum Gasteiger partial charge on any atom is 0.399 e. The molecule has 1 unspecified atom stereocenters. The average molecular weight is 534 g/mol. The van der Waals surface area contributed by atoms with Crippen LogP contribution >= 0.6 is 46.4 Å². The van der Waals surface area contributed by atoms with Crippen molar-refractivity contribution in [3.05, 3.63) is 103 Å². The number of carbonyl (C=O) groups is 1. The predicted octanol–water partition coefficient (Wildman–Crippen LogP) is 7.98. The molecule has 172 valence electrons. The van der Waals surface area contributed by atoms with E-state index in [0.717, 1.165) is 23.8 Å². The first kappa shape index (κ1) is 25.4. The SMILES string of the molecule is O=C(NCc1ccc(/C=C/C(c2cc(Cl)c(Cl)c(Cl)c2)C(F)(F)F)cc1)c1ccnc(Cl)c1. The van der Waals surface area contributed by atoms with Crippen molar-refractivity contribution in [1.82, 2.24) is 10.3 Å². The summed E-state index contributed by atoms with van der Waals surface area (Å²) in [5.41, 5.74) is 1.57. The van der Waals surface area contributed by atoms with Crippen molar-refractivity contribution in [3.8, 4) is 0 Å². The van der Waals surface area contributed by atoms with E-state index in [1.54, 1.807) is 24.3 Å². The van der Waals surface area contributed by atoms with Crippen LogP contribution in [0.1, 0.15) is 33.0 Å². The summed E-state index contributed by atoms with van der Waals surface area (Å²) >= 11 is 23.4. The average Bonchev–Trinajstić information content (AvgIpc) is 2.75. The Hall–Kier alpha value is -2.25. The van der Waals surface area contributed by atoms with E-state index in [4.69, 9.17) is 46.4 Å². The molecule has 1 amide bonds. The minimum atomic E-state index is -4.56. The lowest BCUT2D eigenvalue weighted by molar-refractivity contribution is -0.139. The van der Waals surface area contributed by atoms with Crippen LogP contribution in [0.5, 0.6) is 0 Å². The molecule has 0 aliphatic rings. The molecule has 0 fully saturated rings. The summed E-state index contributed by atoms with van der Waals surface area (Å²) in [6.07, 6.45) is -0.745. The van der Waals surface area contributed by atoms with Crippen LogP contribution in [-0.2, 0) is 6.54 Å². The van der Waals surface area contributed by atoms with Crippen LogP contribution in [0.25, 0.3) is 6.08 Å². The summed E-state index contributed by atoms with van der Waals surface area (Å²) in [5.74, 6) is -2.24. The molecule has 1 aromatic heterocycles. The van der Waals surface area contributed by atoms with E-state index in [-0.39, 0.29) is 38.2 Å². The monoisotopic (exact) mass is 532 g/mol. The van der Waals surface area contributed by atoms with Gasteiger partial charge in [0, 0.05) is 18.3 Å². The number of pyridine rings is 1. The molecular weight excluding hydrogens is 519 g/mol. The largest absolute Gasteiger partial charge is 0.399 e. The summed E-state index contributed by atoms with van der Waals surface area (Å²) < 4.78 is 41.0. The fourth-order valence-electron chi connectivity index (χ4n) is 2.95. The van der Waals surface area contributed by atoms with E-state index in [9.17, 15) is 18.0 Å². The first-order chi connectivity index (χ1) is 15.5. The molecule has 1 heterocycles. The number of hydrogen-bond donors (Lipinski definition) is 1. The quantitative estimate of drug-likeness (QED) is 0.258. The lowest BCUT2D eigenvalue weighted by Gasteiger charge is -2.18. The van der Waals surface area contributed by atoms with Crippen LogP contribution in [0.2, 0.25) is 20.2 Å². The van der Waals surface area contributed by atoms with Crippen molar-refractivity contribution >= 4 is 58.4 Å². The van der Waals surface area contributed by atoms with Gasteiger partial charge in [-0.3, -0.25) is 4.79 Å². The van der Waals surface area contributed by atoms with Gasteiger partial charge in [-0.2, -0.15) is 13.2 Å².